The average Bonchev–Trinajstić information content (AvgIpc) is 2.98. The Morgan fingerprint density at radius 3 is 2.26 bits per heavy atom. The van der Waals surface area contributed by atoms with Crippen LogP contribution in [-0.2, 0) is 11.2 Å². The fraction of sp³-hybridized carbons (Fsp3) is 0.632. The molecule has 1 aliphatic carbocycles. The Morgan fingerprint density at radius 2 is 1.70 bits per heavy atom. The zero-order valence-electron chi connectivity index (χ0n) is 13.6. The van der Waals surface area contributed by atoms with E-state index in [-0.39, 0.29) is 18.2 Å². The predicted molar refractivity (Wildman–Crippen MR) is 88.5 cm³/mol. The van der Waals surface area contributed by atoms with Gasteiger partial charge in [0.15, 0.2) is 6.29 Å². The predicted octanol–water partition coefficient (Wildman–Crippen LogP) is 2.19. The van der Waals surface area contributed by atoms with Gasteiger partial charge in [-0.1, -0.05) is 43.2 Å². The standard InChI is InChI=1S/C19H27NO3/c21-18(22)11-17(10-14-6-2-1-3-7-14)19(23)20-12-15-8-4-5-9-16(15)13-20/h1-3,6-7,15-18,21-22H,4-5,8-13H2. The molecule has 1 saturated carbocycles. The number of aliphatic hydroxyl groups excluding tert-OH is 1. The van der Waals surface area contributed by atoms with E-state index >= 15 is 0 Å². The van der Waals surface area contributed by atoms with Crippen molar-refractivity contribution in [2.45, 2.75) is 44.8 Å². The summed E-state index contributed by atoms with van der Waals surface area (Å²) in [5.41, 5.74) is 1.07. The highest BCUT2D eigenvalue weighted by Gasteiger charge is 2.38. The molecular weight excluding hydrogens is 290 g/mol. The molecule has 0 spiro atoms. The summed E-state index contributed by atoms with van der Waals surface area (Å²) in [6, 6.07) is 9.85. The van der Waals surface area contributed by atoms with Crippen LogP contribution in [0.4, 0.5) is 0 Å². The molecule has 1 saturated heterocycles. The zero-order valence-corrected chi connectivity index (χ0v) is 13.6. The second-order valence-corrected chi connectivity index (χ2v) is 7.15. The molecule has 4 nitrogen and oxygen atoms in total. The van der Waals surface area contributed by atoms with Crippen molar-refractivity contribution in [1.29, 1.82) is 0 Å². The fourth-order valence-corrected chi connectivity index (χ4v) is 4.27. The molecule has 4 heteroatoms. The van der Waals surface area contributed by atoms with Crippen LogP contribution in [0, 0.1) is 17.8 Å². The molecule has 0 bridgehead atoms. The van der Waals surface area contributed by atoms with E-state index in [9.17, 15) is 15.0 Å². The van der Waals surface area contributed by atoms with Crippen molar-refractivity contribution in [3.63, 3.8) is 0 Å². The number of amides is 1. The minimum absolute atomic E-state index is 0.0938. The smallest absolute Gasteiger partial charge is 0.226 e. The van der Waals surface area contributed by atoms with Crippen molar-refractivity contribution < 1.29 is 15.0 Å². The highest BCUT2D eigenvalue weighted by molar-refractivity contribution is 5.79. The van der Waals surface area contributed by atoms with E-state index < -0.39 is 6.29 Å². The molecule has 0 radical (unpaired) electrons. The van der Waals surface area contributed by atoms with E-state index in [1.165, 1.54) is 25.7 Å². The second-order valence-electron chi connectivity index (χ2n) is 7.15. The molecule has 2 N–H and O–H groups in total. The molecule has 1 amide bonds. The Bertz CT molecular complexity index is 503. The SMILES string of the molecule is O=C(C(Cc1ccccc1)CC(O)O)N1CC2CCCCC2C1. The van der Waals surface area contributed by atoms with Gasteiger partial charge in [-0.2, -0.15) is 0 Å². The van der Waals surface area contributed by atoms with Crippen LogP contribution in [0.25, 0.3) is 0 Å². The molecule has 3 rings (SSSR count). The zero-order chi connectivity index (χ0) is 16.2. The number of benzene rings is 1. The van der Waals surface area contributed by atoms with Crippen LogP contribution in [0.1, 0.15) is 37.7 Å². The first kappa shape index (κ1) is 16.5. The quantitative estimate of drug-likeness (QED) is 0.819. The van der Waals surface area contributed by atoms with Crippen molar-refractivity contribution in [3.05, 3.63) is 35.9 Å². The number of hydrogen-bond donors (Lipinski definition) is 2. The molecule has 23 heavy (non-hydrogen) atoms. The first-order valence-corrected chi connectivity index (χ1v) is 8.82. The lowest BCUT2D eigenvalue weighted by atomic mass is 9.82. The van der Waals surface area contributed by atoms with Crippen LogP contribution in [0.5, 0.6) is 0 Å². The van der Waals surface area contributed by atoms with E-state index in [0.717, 1.165) is 18.7 Å². The highest BCUT2D eigenvalue weighted by Crippen LogP contribution is 2.37. The van der Waals surface area contributed by atoms with E-state index in [1.807, 2.05) is 35.2 Å². The van der Waals surface area contributed by atoms with E-state index in [4.69, 9.17) is 0 Å². The summed E-state index contributed by atoms with van der Waals surface area (Å²) in [6.07, 6.45) is 4.29. The first-order chi connectivity index (χ1) is 11.1. The van der Waals surface area contributed by atoms with Gasteiger partial charge in [0.25, 0.3) is 0 Å². The Hall–Kier alpha value is -1.39. The van der Waals surface area contributed by atoms with Crippen LogP contribution in [0.2, 0.25) is 0 Å². The van der Waals surface area contributed by atoms with Crippen molar-refractivity contribution >= 4 is 5.91 Å². The number of fused-ring (bicyclic) bond motifs is 1. The van der Waals surface area contributed by atoms with Crippen LogP contribution in [0.3, 0.4) is 0 Å². The van der Waals surface area contributed by atoms with Gasteiger partial charge in [0.1, 0.15) is 0 Å². The third-order valence-electron chi connectivity index (χ3n) is 5.46. The molecule has 1 aromatic carbocycles. The van der Waals surface area contributed by atoms with Crippen LogP contribution in [0.15, 0.2) is 30.3 Å². The van der Waals surface area contributed by atoms with E-state index in [1.54, 1.807) is 0 Å². The molecule has 1 aliphatic heterocycles. The number of hydrogen-bond acceptors (Lipinski definition) is 3. The van der Waals surface area contributed by atoms with Crippen molar-refractivity contribution in [2.75, 3.05) is 13.1 Å². The third-order valence-corrected chi connectivity index (χ3v) is 5.46. The van der Waals surface area contributed by atoms with Gasteiger partial charge in [0.2, 0.25) is 5.91 Å². The molecule has 1 heterocycles. The number of likely N-dealkylation sites (tertiary alicyclic amines) is 1. The third kappa shape index (κ3) is 4.12. The molecule has 126 valence electrons. The van der Waals surface area contributed by atoms with Crippen LogP contribution >= 0.6 is 0 Å². The lowest BCUT2D eigenvalue weighted by molar-refractivity contribution is -0.139. The maximum Gasteiger partial charge on any atom is 0.226 e. The van der Waals surface area contributed by atoms with E-state index in [0.29, 0.717) is 18.3 Å². The molecule has 2 aliphatic rings. The number of aliphatic hydroxyl groups is 2. The van der Waals surface area contributed by atoms with Gasteiger partial charge >= 0.3 is 0 Å². The van der Waals surface area contributed by atoms with Crippen LogP contribution < -0.4 is 0 Å². The second kappa shape index (κ2) is 7.45. The van der Waals surface area contributed by atoms with Gasteiger partial charge in [-0.3, -0.25) is 4.79 Å². The number of carbonyl (C=O) groups is 1. The monoisotopic (exact) mass is 317 g/mol. The van der Waals surface area contributed by atoms with Crippen molar-refractivity contribution in [2.24, 2.45) is 17.8 Å². The molecule has 3 atom stereocenters. The first-order valence-electron chi connectivity index (χ1n) is 8.82. The van der Waals surface area contributed by atoms with Crippen molar-refractivity contribution in [1.82, 2.24) is 4.90 Å². The Morgan fingerprint density at radius 1 is 1.09 bits per heavy atom. The summed E-state index contributed by atoms with van der Waals surface area (Å²) < 4.78 is 0. The van der Waals surface area contributed by atoms with E-state index in [2.05, 4.69) is 0 Å². The Kier molecular flexibility index (Phi) is 5.34. The molecular formula is C19H27NO3. The van der Waals surface area contributed by atoms with Gasteiger partial charge in [-0.15, -0.1) is 0 Å². The number of carbonyl (C=O) groups excluding carboxylic acids is 1. The lowest BCUT2D eigenvalue weighted by Crippen LogP contribution is -2.37. The molecule has 0 aromatic heterocycles. The summed E-state index contributed by atoms with van der Waals surface area (Å²) in [5.74, 6) is 1.06. The topological polar surface area (TPSA) is 60.8 Å². The number of rotatable bonds is 5. The Balaban J connectivity index is 1.67. The average molecular weight is 317 g/mol. The molecule has 3 unspecified atom stereocenters. The molecule has 1 aromatic rings. The van der Waals surface area contributed by atoms with Gasteiger partial charge in [-0.25, -0.2) is 0 Å². The summed E-state index contributed by atoms with van der Waals surface area (Å²) in [5, 5.41) is 18.8. The van der Waals surface area contributed by atoms with Crippen LogP contribution in [-0.4, -0.2) is 40.4 Å². The summed E-state index contributed by atoms with van der Waals surface area (Å²) >= 11 is 0. The maximum atomic E-state index is 12.9. The summed E-state index contributed by atoms with van der Waals surface area (Å²) in [7, 11) is 0. The summed E-state index contributed by atoms with van der Waals surface area (Å²) in [6.45, 7) is 1.71. The number of nitrogens with zero attached hydrogens (tertiary/aromatic N) is 1. The van der Waals surface area contributed by atoms with Gasteiger partial charge < -0.3 is 15.1 Å². The van der Waals surface area contributed by atoms with Gasteiger partial charge in [0.05, 0.1) is 0 Å². The highest BCUT2D eigenvalue weighted by atomic mass is 16.5. The minimum Gasteiger partial charge on any atom is -0.368 e. The Labute approximate surface area is 138 Å². The molecule has 2 fully saturated rings. The largest absolute Gasteiger partial charge is 0.368 e. The van der Waals surface area contributed by atoms with Crippen molar-refractivity contribution in [3.8, 4) is 0 Å². The summed E-state index contributed by atoms with van der Waals surface area (Å²) in [4.78, 5) is 14.9. The van der Waals surface area contributed by atoms with Gasteiger partial charge in [0, 0.05) is 25.4 Å². The minimum atomic E-state index is -1.43. The fourth-order valence-electron chi connectivity index (χ4n) is 4.27. The normalized spacial score (nSPS) is 25.4. The lowest BCUT2D eigenvalue weighted by Gasteiger charge is -2.24. The van der Waals surface area contributed by atoms with Gasteiger partial charge in [-0.05, 0) is 36.7 Å². The maximum absolute atomic E-state index is 12.9.